The molecule has 0 aliphatic carbocycles. The molecule has 0 saturated carbocycles. The lowest BCUT2D eigenvalue weighted by molar-refractivity contribution is -0.384. The Hall–Kier alpha value is -3.40. The summed E-state index contributed by atoms with van der Waals surface area (Å²) in [6, 6.07) is 10.2. The van der Waals surface area contributed by atoms with Gasteiger partial charge in [0.05, 0.1) is 11.0 Å². The predicted molar refractivity (Wildman–Crippen MR) is 110 cm³/mol. The van der Waals surface area contributed by atoms with Crippen molar-refractivity contribution in [3.8, 4) is 11.5 Å². The first-order valence-corrected chi connectivity index (χ1v) is 9.85. The fraction of sp³-hybridized carbons (Fsp3) is 0.400. The van der Waals surface area contributed by atoms with Crippen molar-refractivity contribution in [1.29, 1.82) is 0 Å². The molecule has 1 aromatic carbocycles. The maximum absolute atomic E-state index is 10.8. The highest BCUT2D eigenvalue weighted by Gasteiger charge is 2.29. The third kappa shape index (κ3) is 4.13. The third-order valence-corrected chi connectivity index (χ3v) is 5.51. The molecule has 30 heavy (non-hydrogen) atoms. The number of hydrogen-bond donors (Lipinski definition) is 0. The van der Waals surface area contributed by atoms with Crippen LogP contribution in [0.1, 0.15) is 31.7 Å². The summed E-state index contributed by atoms with van der Waals surface area (Å²) in [6.07, 6.45) is 3.89. The van der Waals surface area contributed by atoms with Crippen molar-refractivity contribution in [2.45, 2.75) is 31.8 Å². The van der Waals surface area contributed by atoms with Gasteiger partial charge in [-0.15, -0.1) is 15.3 Å². The van der Waals surface area contributed by atoms with Crippen molar-refractivity contribution >= 4 is 11.5 Å². The van der Waals surface area contributed by atoms with Crippen LogP contribution in [0.15, 0.2) is 47.0 Å². The smallest absolute Gasteiger partial charge is 0.269 e. The van der Waals surface area contributed by atoms with Gasteiger partial charge in [-0.2, -0.15) is 5.10 Å². The number of non-ortho nitro benzene ring substituents is 1. The molecular formula is C20H23N7O3. The van der Waals surface area contributed by atoms with Crippen molar-refractivity contribution in [3.05, 3.63) is 58.6 Å². The summed E-state index contributed by atoms with van der Waals surface area (Å²) >= 11 is 0. The number of nitrogens with zero attached hydrogens (tertiary/aromatic N) is 7. The zero-order valence-electron chi connectivity index (χ0n) is 16.9. The molecule has 1 saturated heterocycles. The summed E-state index contributed by atoms with van der Waals surface area (Å²) in [5.41, 5.74) is 0.676. The third-order valence-electron chi connectivity index (χ3n) is 5.51. The largest absolute Gasteiger partial charge is 0.419 e. The van der Waals surface area contributed by atoms with Gasteiger partial charge in [-0.3, -0.25) is 15.0 Å². The Kier molecular flexibility index (Phi) is 5.66. The van der Waals surface area contributed by atoms with Crippen molar-refractivity contribution in [2.75, 3.05) is 25.0 Å². The second kappa shape index (κ2) is 8.54. The quantitative estimate of drug-likeness (QED) is 0.429. The number of aromatic nitrogens is 4. The first-order chi connectivity index (χ1) is 14.5. The van der Waals surface area contributed by atoms with Crippen LogP contribution in [0.3, 0.4) is 0 Å². The van der Waals surface area contributed by atoms with Crippen LogP contribution in [0, 0.1) is 10.1 Å². The molecule has 0 radical (unpaired) electrons. The maximum Gasteiger partial charge on any atom is 0.269 e. The molecule has 0 spiro atoms. The van der Waals surface area contributed by atoms with Crippen molar-refractivity contribution in [2.24, 2.45) is 0 Å². The highest BCUT2D eigenvalue weighted by molar-refractivity contribution is 5.55. The summed E-state index contributed by atoms with van der Waals surface area (Å²) in [5.74, 6) is 1.76. The van der Waals surface area contributed by atoms with E-state index in [9.17, 15) is 10.1 Å². The number of benzene rings is 1. The van der Waals surface area contributed by atoms with E-state index in [1.807, 2.05) is 26.1 Å². The molecule has 0 bridgehead atoms. The minimum absolute atomic E-state index is 0.0239. The molecule has 1 aliphatic rings. The van der Waals surface area contributed by atoms with Crippen molar-refractivity contribution in [3.63, 3.8) is 0 Å². The fourth-order valence-electron chi connectivity index (χ4n) is 3.70. The molecule has 0 N–H and O–H groups in total. The summed E-state index contributed by atoms with van der Waals surface area (Å²) in [5, 5.41) is 27.4. The number of hydrogen-bond acceptors (Lipinski definition) is 9. The second-order valence-corrected chi connectivity index (χ2v) is 7.44. The molecular weight excluding hydrogens is 386 g/mol. The molecule has 1 aliphatic heterocycles. The van der Waals surface area contributed by atoms with Crippen LogP contribution in [0.25, 0.3) is 11.5 Å². The summed E-state index contributed by atoms with van der Waals surface area (Å²) in [7, 11) is 2.04. The monoisotopic (exact) mass is 409 g/mol. The first-order valence-electron chi connectivity index (χ1n) is 9.85. The number of likely N-dealkylation sites (N-methyl/N-ethyl adjacent to an activating group) is 1. The molecule has 2 atom stereocenters. The van der Waals surface area contributed by atoms with E-state index in [1.165, 1.54) is 12.1 Å². The van der Waals surface area contributed by atoms with Gasteiger partial charge in [-0.05, 0) is 51.1 Å². The maximum atomic E-state index is 10.8. The van der Waals surface area contributed by atoms with Crippen molar-refractivity contribution in [1.82, 2.24) is 25.3 Å². The second-order valence-electron chi connectivity index (χ2n) is 7.44. The Morgan fingerprint density at radius 2 is 2.07 bits per heavy atom. The Morgan fingerprint density at radius 1 is 1.27 bits per heavy atom. The van der Waals surface area contributed by atoms with Gasteiger partial charge in [0.1, 0.15) is 0 Å². The van der Waals surface area contributed by atoms with E-state index in [-0.39, 0.29) is 11.7 Å². The zero-order chi connectivity index (χ0) is 21.1. The molecule has 1 fully saturated rings. The van der Waals surface area contributed by atoms with Gasteiger partial charge in [0.25, 0.3) is 5.69 Å². The first kappa shape index (κ1) is 19.9. The van der Waals surface area contributed by atoms with Crippen molar-refractivity contribution < 1.29 is 9.34 Å². The summed E-state index contributed by atoms with van der Waals surface area (Å²) in [6.45, 7) is 3.82. The van der Waals surface area contributed by atoms with E-state index >= 15 is 0 Å². The van der Waals surface area contributed by atoms with Gasteiger partial charge >= 0.3 is 0 Å². The van der Waals surface area contributed by atoms with E-state index in [0.29, 0.717) is 23.4 Å². The SMILES string of the molecule is CC(c1nnc(-c2ccc([N+](=O)[O-])cc2)o1)N(C)CC1CCCN1c1cccnn1. The van der Waals surface area contributed by atoms with E-state index in [0.717, 1.165) is 31.7 Å². The van der Waals surface area contributed by atoms with E-state index in [1.54, 1.807) is 18.3 Å². The molecule has 156 valence electrons. The average Bonchev–Trinajstić information content (AvgIpc) is 3.44. The van der Waals surface area contributed by atoms with Crippen LogP contribution < -0.4 is 4.90 Å². The number of rotatable bonds is 7. The van der Waals surface area contributed by atoms with Crippen LogP contribution >= 0.6 is 0 Å². The van der Waals surface area contributed by atoms with Crippen LogP contribution in [-0.4, -0.2) is 56.4 Å². The Bertz CT molecular complexity index is 993. The lowest BCUT2D eigenvalue weighted by Crippen LogP contribution is -2.40. The van der Waals surface area contributed by atoms with Crippen LogP contribution in [0.2, 0.25) is 0 Å². The fourth-order valence-corrected chi connectivity index (χ4v) is 3.70. The van der Waals surface area contributed by atoms with Crippen LogP contribution in [-0.2, 0) is 0 Å². The van der Waals surface area contributed by atoms with Crippen LogP contribution in [0.5, 0.6) is 0 Å². The summed E-state index contributed by atoms with van der Waals surface area (Å²) in [4.78, 5) is 14.9. The van der Waals surface area contributed by atoms with Gasteiger partial charge in [0.2, 0.25) is 11.8 Å². The molecule has 2 aromatic heterocycles. The topological polar surface area (TPSA) is 114 Å². The lowest BCUT2D eigenvalue weighted by Gasteiger charge is -2.31. The van der Waals surface area contributed by atoms with Gasteiger partial charge in [-0.1, -0.05) is 0 Å². The van der Waals surface area contributed by atoms with E-state index in [2.05, 4.69) is 30.2 Å². The standard InChI is InChI=1S/C20H23N7O3/c1-14(19-23-24-20(30-19)15-7-9-16(10-8-15)27(28)29)25(2)13-17-5-4-12-26(17)18-6-3-11-21-22-18/h3,6-11,14,17H,4-5,12-13H2,1-2H3. The highest BCUT2D eigenvalue weighted by atomic mass is 16.6. The highest BCUT2D eigenvalue weighted by Crippen LogP contribution is 2.28. The average molecular weight is 409 g/mol. The Morgan fingerprint density at radius 3 is 2.77 bits per heavy atom. The molecule has 3 heterocycles. The molecule has 10 heteroatoms. The predicted octanol–water partition coefficient (Wildman–Crippen LogP) is 3.10. The molecule has 4 rings (SSSR count). The molecule has 3 aromatic rings. The Labute approximate surface area is 173 Å². The number of nitro groups is 1. The molecule has 0 amide bonds. The van der Waals surface area contributed by atoms with Gasteiger partial charge in [0, 0.05) is 43.0 Å². The molecule has 2 unspecified atom stereocenters. The van der Waals surface area contributed by atoms with Crippen LogP contribution in [0.4, 0.5) is 11.5 Å². The number of nitro benzene ring substituents is 1. The molecule has 10 nitrogen and oxygen atoms in total. The minimum atomic E-state index is -0.437. The Balaban J connectivity index is 1.43. The van der Waals surface area contributed by atoms with Gasteiger partial charge in [0.15, 0.2) is 5.82 Å². The van der Waals surface area contributed by atoms with E-state index < -0.39 is 4.92 Å². The lowest BCUT2D eigenvalue weighted by atomic mass is 10.2. The number of anilines is 1. The minimum Gasteiger partial charge on any atom is -0.419 e. The van der Waals surface area contributed by atoms with Gasteiger partial charge in [-0.25, -0.2) is 0 Å². The summed E-state index contributed by atoms with van der Waals surface area (Å²) < 4.78 is 5.86. The zero-order valence-corrected chi connectivity index (χ0v) is 16.9. The van der Waals surface area contributed by atoms with E-state index in [4.69, 9.17) is 4.42 Å². The van der Waals surface area contributed by atoms with Gasteiger partial charge < -0.3 is 9.32 Å². The normalized spacial score (nSPS) is 17.4.